The van der Waals surface area contributed by atoms with Gasteiger partial charge in [-0.2, -0.15) is 0 Å². The first-order valence-corrected chi connectivity index (χ1v) is 11.0. The highest BCUT2D eigenvalue weighted by Gasteiger charge is 2.19. The largest absolute Gasteiger partial charge is 0.295 e. The molecule has 160 valence electrons. The molecule has 33 heavy (non-hydrogen) atoms. The predicted octanol–water partition coefficient (Wildman–Crippen LogP) is 7.72. The van der Waals surface area contributed by atoms with Crippen molar-refractivity contribution in [2.75, 3.05) is 9.80 Å². The van der Waals surface area contributed by atoms with Crippen LogP contribution in [0.25, 0.3) is 0 Å². The van der Waals surface area contributed by atoms with E-state index in [0.29, 0.717) is 5.82 Å². The number of hydrogen-bond acceptors (Lipinski definition) is 4. The number of anilines is 6. The topological polar surface area (TPSA) is 32.3 Å². The summed E-state index contributed by atoms with van der Waals surface area (Å²) in [4.78, 5) is 14.0. The van der Waals surface area contributed by atoms with Crippen molar-refractivity contribution in [3.8, 4) is 0 Å². The highest BCUT2D eigenvalue weighted by Crippen LogP contribution is 2.38. The molecule has 1 aromatic heterocycles. The molecule has 5 aromatic rings. The molecule has 0 aliphatic heterocycles. The van der Waals surface area contributed by atoms with E-state index in [9.17, 15) is 0 Å². The Labute approximate surface area is 194 Å². The quantitative estimate of drug-likeness (QED) is 0.277. The second kappa shape index (κ2) is 9.37. The predicted molar refractivity (Wildman–Crippen MR) is 136 cm³/mol. The minimum Gasteiger partial charge on any atom is -0.295 e. The van der Waals surface area contributed by atoms with E-state index in [1.807, 2.05) is 85.8 Å². The Hall–Kier alpha value is -4.44. The van der Waals surface area contributed by atoms with Crippen LogP contribution < -0.4 is 9.80 Å². The fourth-order valence-corrected chi connectivity index (χ4v) is 3.90. The van der Waals surface area contributed by atoms with E-state index < -0.39 is 0 Å². The van der Waals surface area contributed by atoms with Crippen LogP contribution in [-0.4, -0.2) is 9.97 Å². The van der Waals surface area contributed by atoms with Crippen molar-refractivity contribution in [1.82, 2.24) is 9.97 Å². The number of nitrogens with zero attached hydrogens (tertiary/aromatic N) is 4. The van der Waals surface area contributed by atoms with Crippen LogP contribution in [-0.2, 0) is 0 Å². The van der Waals surface area contributed by atoms with Gasteiger partial charge >= 0.3 is 0 Å². The van der Waals surface area contributed by atoms with Gasteiger partial charge in [-0.3, -0.25) is 9.80 Å². The molecule has 0 spiro atoms. The monoisotopic (exact) mass is 428 g/mol. The number of rotatable bonds is 6. The summed E-state index contributed by atoms with van der Waals surface area (Å²) in [6.45, 7) is 1.94. The molecule has 0 saturated carbocycles. The Balaban J connectivity index is 1.69. The molecule has 0 bridgehead atoms. The van der Waals surface area contributed by atoms with E-state index in [2.05, 4.69) is 58.3 Å². The maximum atomic E-state index is 4.84. The van der Waals surface area contributed by atoms with Gasteiger partial charge in [0, 0.05) is 28.8 Å². The van der Waals surface area contributed by atoms with Gasteiger partial charge in [-0.25, -0.2) is 9.97 Å². The highest BCUT2D eigenvalue weighted by atomic mass is 15.2. The van der Waals surface area contributed by atoms with Gasteiger partial charge in [-0.15, -0.1) is 0 Å². The van der Waals surface area contributed by atoms with Crippen LogP contribution in [0.1, 0.15) is 5.82 Å². The fourth-order valence-electron chi connectivity index (χ4n) is 3.90. The Morgan fingerprint density at radius 3 is 0.970 bits per heavy atom. The smallest absolute Gasteiger partial charge is 0.143 e. The number of aryl methyl sites for hydroxylation is 1. The van der Waals surface area contributed by atoms with Gasteiger partial charge in [0.1, 0.15) is 17.5 Å². The van der Waals surface area contributed by atoms with Gasteiger partial charge < -0.3 is 0 Å². The van der Waals surface area contributed by atoms with E-state index >= 15 is 0 Å². The molecule has 4 aromatic carbocycles. The van der Waals surface area contributed by atoms with Gasteiger partial charge in [0.15, 0.2) is 0 Å². The van der Waals surface area contributed by atoms with Crippen LogP contribution in [0.15, 0.2) is 127 Å². The maximum Gasteiger partial charge on any atom is 0.143 e. The summed E-state index contributed by atoms with van der Waals surface area (Å²) >= 11 is 0. The molecule has 1 heterocycles. The normalized spacial score (nSPS) is 10.6. The molecule has 4 nitrogen and oxygen atoms in total. The summed E-state index contributed by atoms with van der Waals surface area (Å²) in [7, 11) is 0. The molecule has 0 saturated heterocycles. The molecular formula is C29H24N4. The summed E-state index contributed by atoms with van der Waals surface area (Å²) in [6.07, 6.45) is 0. The summed E-state index contributed by atoms with van der Waals surface area (Å²) in [5.74, 6) is 2.33. The molecule has 0 atom stereocenters. The second-order valence-electron chi connectivity index (χ2n) is 7.64. The zero-order chi connectivity index (χ0) is 22.5. The molecule has 0 fully saturated rings. The third kappa shape index (κ3) is 4.46. The third-order valence-corrected chi connectivity index (χ3v) is 5.33. The summed E-state index contributed by atoms with van der Waals surface area (Å²) in [5.41, 5.74) is 4.16. The molecular weight excluding hydrogens is 404 g/mol. The highest BCUT2D eigenvalue weighted by molar-refractivity contribution is 5.79. The fraction of sp³-hybridized carbons (Fsp3) is 0.0345. The van der Waals surface area contributed by atoms with Crippen molar-refractivity contribution in [3.63, 3.8) is 0 Å². The SMILES string of the molecule is Cc1nc(N(c2ccccc2)c2ccccc2)cc(N(c2ccccc2)c2ccccc2)n1. The van der Waals surface area contributed by atoms with E-state index in [1.165, 1.54) is 0 Å². The first-order chi connectivity index (χ1) is 16.3. The van der Waals surface area contributed by atoms with Crippen LogP contribution in [0.5, 0.6) is 0 Å². The average Bonchev–Trinajstić information content (AvgIpc) is 2.87. The van der Waals surface area contributed by atoms with Crippen LogP contribution in [0.2, 0.25) is 0 Å². The van der Waals surface area contributed by atoms with Crippen LogP contribution in [0.3, 0.4) is 0 Å². The number of para-hydroxylation sites is 4. The average molecular weight is 429 g/mol. The van der Waals surface area contributed by atoms with Crippen molar-refractivity contribution in [3.05, 3.63) is 133 Å². The van der Waals surface area contributed by atoms with Gasteiger partial charge in [-0.1, -0.05) is 72.8 Å². The molecule has 5 rings (SSSR count). The zero-order valence-corrected chi connectivity index (χ0v) is 18.4. The third-order valence-electron chi connectivity index (χ3n) is 5.33. The number of hydrogen-bond donors (Lipinski definition) is 0. The lowest BCUT2D eigenvalue weighted by Crippen LogP contribution is -2.16. The zero-order valence-electron chi connectivity index (χ0n) is 18.4. The lowest BCUT2D eigenvalue weighted by atomic mass is 10.2. The van der Waals surface area contributed by atoms with E-state index in [-0.39, 0.29) is 0 Å². The van der Waals surface area contributed by atoms with Crippen molar-refractivity contribution >= 4 is 34.4 Å². The van der Waals surface area contributed by atoms with E-state index in [4.69, 9.17) is 9.97 Å². The lowest BCUT2D eigenvalue weighted by Gasteiger charge is -2.28. The lowest BCUT2D eigenvalue weighted by molar-refractivity contribution is 1.01. The second-order valence-corrected chi connectivity index (χ2v) is 7.64. The molecule has 0 N–H and O–H groups in total. The van der Waals surface area contributed by atoms with E-state index in [0.717, 1.165) is 34.4 Å². The standard InChI is InChI=1S/C29H24N4/c1-23-30-28(32(24-14-6-2-7-15-24)25-16-8-3-9-17-25)22-29(31-23)33(26-18-10-4-11-19-26)27-20-12-5-13-21-27/h2-22H,1H3. The Bertz CT molecular complexity index is 1130. The van der Waals surface area contributed by atoms with Crippen LogP contribution in [0, 0.1) is 6.92 Å². The van der Waals surface area contributed by atoms with E-state index in [1.54, 1.807) is 0 Å². The number of benzene rings is 4. The molecule has 0 aliphatic carbocycles. The first-order valence-electron chi connectivity index (χ1n) is 11.0. The summed E-state index contributed by atoms with van der Waals surface area (Å²) in [6, 6.07) is 43.2. The minimum atomic E-state index is 0.705. The van der Waals surface area contributed by atoms with Crippen molar-refractivity contribution < 1.29 is 0 Å². The molecule has 0 radical (unpaired) electrons. The first kappa shape index (κ1) is 20.5. The summed E-state index contributed by atoms with van der Waals surface area (Å²) < 4.78 is 0. The summed E-state index contributed by atoms with van der Waals surface area (Å²) in [5, 5.41) is 0. The molecule has 4 heteroatoms. The van der Waals surface area contributed by atoms with Crippen LogP contribution >= 0.6 is 0 Å². The Morgan fingerprint density at radius 2 is 0.697 bits per heavy atom. The Morgan fingerprint density at radius 1 is 0.424 bits per heavy atom. The minimum absolute atomic E-state index is 0.705. The van der Waals surface area contributed by atoms with Crippen molar-refractivity contribution in [1.29, 1.82) is 0 Å². The van der Waals surface area contributed by atoms with Gasteiger partial charge in [-0.05, 0) is 55.5 Å². The Kier molecular flexibility index (Phi) is 5.81. The van der Waals surface area contributed by atoms with Crippen LogP contribution in [0.4, 0.5) is 34.4 Å². The maximum absolute atomic E-state index is 4.84. The van der Waals surface area contributed by atoms with Crippen molar-refractivity contribution in [2.45, 2.75) is 6.92 Å². The van der Waals surface area contributed by atoms with Gasteiger partial charge in [0.2, 0.25) is 0 Å². The number of aromatic nitrogens is 2. The van der Waals surface area contributed by atoms with Gasteiger partial charge in [0.05, 0.1) is 0 Å². The molecule has 0 aliphatic rings. The van der Waals surface area contributed by atoms with Gasteiger partial charge in [0.25, 0.3) is 0 Å². The molecule has 0 unspecified atom stereocenters. The molecule has 0 amide bonds. The van der Waals surface area contributed by atoms with Crippen molar-refractivity contribution in [2.24, 2.45) is 0 Å².